The lowest BCUT2D eigenvalue weighted by Gasteiger charge is -2.54. The molecule has 3 heterocycles. The number of fused-ring (bicyclic) bond motifs is 1. The maximum atomic E-state index is 15.0. The predicted octanol–water partition coefficient (Wildman–Crippen LogP) is 4.84. The fourth-order valence-electron chi connectivity index (χ4n) is 10.6. The minimum Gasteiger partial charge on any atom is -0.458 e. The van der Waals surface area contributed by atoms with Crippen molar-refractivity contribution in [2.45, 2.75) is 301 Å². The summed E-state index contributed by atoms with van der Waals surface area (Å²) >= 11 is 0. The molecule has 0 aromatic heterocycles. The van der Waals surface area contributed by atoms with Gasteiger partial charge < -0.3 is 103 Å². The van der Waals surface area contributed by atoms with Crippen molar-refractivity contribution in [1.29, 1.82) is 0 Å². The van der Waals surface area contributed by atoms with Gasteiger partial charge in [-0.25, -0.2) is 24.0 Å². The van der Waals surface area contributed by atoms with E-state index in [-0.39, 0.29) is 32.5 Å². The number of nitrogens with one attached hydrogen (secondary N) is 6. The van der Waals surface area contributed by atoms with Crippen molar-refractivity contribution in [3.05, 3.63) is 0 Å². The summed E-state index contributed by atoms with van der Waals surface area (Å²) in [6.07, 6.45) is -19.7. The highest BCUT2D eigenvalue weighted by atomic mass is 16.8. The van der Waals surface area contributed by atoms with E-state index in [0.717, 1.165) is 40.0 Å². The van der Waals surface area contributed by atoms with Crippen LogP contribution in [0, 0.1) is 0 Å². The van der Waals surface area contributed by atoms with E-state index < -0.39 is 186 Å². The van der Waals surface area contributed by atoms with Gasteiger partial charge in [0.2, 0.25) is 0 Å². The average Bonchev–Trinajstić information content (AvgIpc) is 0.789. The Bertz CT molecular complexity index is 2460. The van der Waals surface area contributed by atoms with E-state index in [1.54, 1.807) is 104 Å². The summed E-state index contributed by atoms with van der Waals surface area (Å²) in [6.45, 7) is 26.9. The number of carbonyl (C=O) groups excluding carboxylic acids is 9. The van der Waals surface area contributed by atoms with Gasteiger partial charge in [0.15, 0.2) is 30.6 Å². The summed E-state index contributed by atoms with van der Waals surface area (Å²) in [6, 6.07) is -6.24. The zero-order chi connectivity index (χ0) is 66.8. The van der Waals surface area contributed by atoms with E-state index in [0.29, 0.717) is 12.8 Å². The lowest BCUT2D eigenvalue weighted by Crippen LogP contribution is -2.76. The molecule has 5 rings (SSSR count). The number of esters is 3. The molecule has 5 fully saturated rings. The molecule has 508 valence electrons. The Kier molecular flexibility index (Phi) is 25.2. The minimum atomic E-state index is -2.21. The molecule has 7 unspecified atom stereocenters. The molecule has 3 saturated heterocycles. The normalized spacial score (nSPS) is 29.2. The molecule has 0 radical (unpaired) electrons. The monoisotopic (exact) mass is 1270 g/mol. The predicted molar refractivity (Wildman–Crippen MR) is 310 cm³/mol. The van der Waals surface area contributed by atoms with Gasteiger partial charge >= 0.3 is 48.4 Å². The molecule has 15 atom stereocenters. The summed E-state index contributed by atoms with van der Waals surface area (Å²) in [4.78, 5) is 122. The molecule has 7 N–H and O–H groups in total. The molecular formula is C59H98N6O24. The van der Waals surface area contributed by atoms with Gasteiger partial charge in [0.1, 0.15) is 76.7 Å². The van der Waals surface area contributed by atoms with E-state index >= 15 is 0 Å². The van der Waals surface area contributed by atoms with Crippen LogP contribution >= 0.6 is 0 Å². The molecule has 2 aliphatic carbocycles. The fraction of sp³-hybridized carbons (Fsp3) is 0.847. The molecule has 3 aliphatic heterocycles. The van der Waals surface area contributed by atoms with Gasteiger partial charge in [-0.3, -0.25) is 19.2 Å². The maximum Gasteiger partial charge on any atom is 0.408 e. The summed E-state index contributed by atoms with van der Waals surface area (Å²) in [5.41, 5.74) is -5.02. The minimum absolute atomic E-state index is 0.0733. The first-order valence-corrected chi connectivity index (χ1v) is 30.3. The quantitative estimate of drug-likeness (QED) is 0.0757. The Hall–Kier alpha value is -6.05. The molecule has 5 aliphatic rings. The van der Waals surface area contributed by atoms with Gasteiger partial charge in [-0.15, -0.1) is 0 Å². The largest absolute Gasteiger partial charge is 0.458 e. The van der Waals surface area contributed by atoms with E-state index in [1.165, 1.54) is 0 Å². The van der Waals surface area contributed by atoms with Crippen LogP contribution in [0.2, 0.25) is 0 Å². The molecule has 2 saturated carbocycles. The Balaban J connectivity index is 1.73. The highest BCUT2D eigenvalue weighted by molar-refractivity contribution is 5.84. The molecule has 30 nitrogen and oxygen atoms in total. The number of hydrogen-bond donors (Lipinski definition) is 7. The van der Waals surface area contributed by atoms with Crippen LogP contribution in [0.15, 0.2) is 0 Å². The van der Waals surface area contributed by atoms with Gasteiger partial charge in [-0.05, 0) is 130 Å². The molecular weight excluding hydrogens is 1180 g/mol. The first kappa shape index (κ1) is 73.7. The zero-order valence-electron chi connectivity index (χ0n) is 54.8. The van der Waals surface area contributed by atoms with E-state index in [9.17, 15) is 48.3 Å². The second-order valence-electron chi connectivity index (χ2n) is 27.8. The third kappa shape index (κ3) is 23.9. The third-order valence-corrected chi connectivity index (χ3v) is 13.8. The molecule has 0 bridgehead atoms. The van der Waals surface area contributed by atoms with Crippen molar-refractivity contribution in [2.75, 3.05) is 19.7 Å². The Labute approximate surface area is 520 Å². The SMILES string of the molecule is CC(=O)OC1[C@H](O[C@H]2C(O)C(O[C@@H]3OC(CNC(=O)OC(C)(C)C)CCC3NC(=O)OC(C)(C)C)[C@@H](NC(=O)OC(C)(C)C)C(OC(C)=O)[C@H]2NC(=O)[C@H](CCNC(=O)OC(C)(C)C)OC(C)=O)OC2COC3(CCCCC3)O[C@@H]2[C@@H]1NC(=O)OC(C)(C)C. The second-order valence-corrected chi connectivity index (χ2v) is 27.8. The standard InChI is InChI=1S/C59H98N6O24/c1-30(66)77-35(24-27-60-49(71)85-54(4,5)6)46(70)63-38-42(78-31(2)67)39(65-53(75)89-58(16,17)18)44(82-47-34(62-51(73)87-56(10,11)12)23-22-33(80-47)28-61-50(72)86-55(7,8)9)40(69)43(38)83-48-45(79-32(3)68)37(64-52(74)88-57(13,14)15)41-36(81-48)29-76-59(84-41)25-20-19-21-26-59/h33-45,47-48,69H,19-29H2,1-18H3,(H,60,71)(H,61,72)(H,62,73)(H,63,70)(H,64,74)(H,65,75)/t33?,34?,35-,36?,37-,38+,39-,40?,41-,42?,43+,44?,45?,47-,48-/m0/s1. The molecule has 30 heteroatoms. The Morgan fingerprint density at radius 1 is 0.528 bits per heavy atom. The Morgan fingerprint density at radius 3 is 1.52 bits per heavy atom. The van der Waals surface area contributed by atoms with E-state index in [2.05, 4.69) is 31.9 Å². The highest BCUT2D eigenvalue weighted by Gasteiger charge is 2.61. The third-order valence-electron chi connectivity index (χ3n) is 13.8. The number of rotatable bonds is 17. The average molecular weight is 1280 g/mol. The van der Waals surface area contributed by atoms with Crippen LogP contribution in [0.3, 0.4) is 0 Å². The maximum absolute atomic E-state index is 15.0. The zero-order valence-corrected chi connectivity index (χ0v) is 54.8. The van der Waals surface area contributed by atoms with Crippen LogP contribution in [0.5, 0.6) is 0 Å². The topological polar surface area (TPSA) is 375 Å². The van der Waals surface area contributed by atoms with Crippen molar-refractivity contribution in [1.82, 2.24) is 31.9 Å². The van der Waals surface area contributed by atoms with Gasteiger partial charge in [-0.2, -0.15) is 0 Å². The molecule has 89 heavy (non-hydrogen) atoms. The van der Waals surface area contributed by atoms with E-state index in [4.69, 9.17) is 66.3 Å². The Morgan fingerprint density at radius 2 is 1.00 bits per heavy atom. The number of aliphatic hydroxyl groups is 1. The molecule has 6 amide bonds. The number of ether oxygens (including phenoxy) is 14. The van der Waals surface area contributed by atoms with Crippen LogP contribution in [-0.4, -0.2) is 205 Å². The summed E-state index contributed by atoms with van der Waals surface area (Å²) < 4.78 is 85.4. The van der Waals surface area contributed by atoms with Crippen LogP contribution < -0.4 is 31.9 Å². The summed E-state index contributed by atoms with van der Waals surface area (Å²) in [5.74, 6) is -5.14. The van der Waals surface area contributed by atoms with Crippen molar-refractivity contribution in [3.8, 4) is 0 Å². The number of amides is 6. The van der Waals surface area contributed by atoms with Crippen molar-refractivity contribution < 1.29 is 115 Å². The molecule has 1 spiro atoms. The smallest absolute Gasteiger partial charge is 0.408 e. The van der Waals surface area contributed by atoms with Gasteiger partial charge in [0.25, 0.3) is 5.91 Å². The number of alkyl carbamates (subject to hydrolysis) is 5. The van der Waals surface area contributed by atoms with Crippen molar-refractivity contribution in [3.63, 3.8) is 0 Å². The number of aliphatic hydroxyl groups excluding tert-OH is 1. The second kappa shape index (κ2) is 30.4. The number of hydrogen-bond acceptors (Lipinski definition) is 24. The van der Waals surface area contributed by atoms with Crippen LogP contribution in [0.25, 0.3) is 0 Å². The lowest BCUT2D eigenvalue weighted by molar-refractivity contribution is -0.390. The molecule has 0 aromatic rings. The van der Waals surface area contributed by atoms with Crippen molar-refractivity contribution in [2.24, 2.45) is 0 Å². The van der Waals surface area contributed by atoms with Crippen LogP contribution in [-0.2, 0) is 85.5 Å². The lowest BCUT2D eigenvalue weighted by atomic mass is 9.80. The first-order chi connectivity index (χ1) is 41.0. The van der Waals surface area contributed by atoms with Gasteiger partial charge in [0.05, 0.1) is 24.8 Å². The highest BCUT2D eigenvalue weighted by Crippen LogP contribution is 2.43. The van der Waals surface area contributed by atoms with Crippen molar-refractivity contribution >= 4 is 54.3 Å². The van der Waals surface area contributed by atoms with Gasteiger partial charge in [0, 0.05) is 53.1 Å². The van der Waals surface area contributed by atoms with Crippen LogP contribution in [0.4, 0.5) is 24.0 Å². The summed E-state index contributed by atoms with van der Waals surface area (Å²) in [7, 11) is 0. The van der Waals surface area contributed by atoms with Crippen LogP contribution in [0.1, 0.15) is 176 Å². The molecule has 0 aromatic carbocycles. The van der Waals surface area contributed by atoms with Gasteiger partial charge in [-0.1, -0.05) is 6.42 Å². The fourth-order valence-corrected chi connectivity index (χ4v) is 10.6. The first-order valence-electron chi connectivity index (χ1n) is 30.3. The van der Waals surface area contributed by atoms with E-state index in [1.807, 2.05) is 0 Å². The summed E-state index contributed by atoms with van der Waals surface area (Å²) in [5, 5.41) is 29.5. The number of carbonyl (C=O) groups is 9.